The van der Waals surface area contributed by atoms with Crippen molar-refractivity contribution in [1.29, 1.82) is 0 Å². The molecule has 55 heavy (non-hydrogen) atoms. The second-order valence-electron chi connectivity index (χ2n) is 19.7. The van der Waals surface area contributed by atoms with Crippen molar-refractivity contribution in [1.82, 2.24) is 0 Å². The van der Waals surface area contributed by atoms with Crippen LogP contribution in [-0.4, -0.2) is 0 Å². The second-order valence-corrected chi connectivity index (χ2v) is 21.8. The van der Waals surface area contributed by atoms with E-state index in [1.165, 1.54) is 193 Å². The van der Waals surface area contributed by atoms with Crippen molar-refractivity contribution in [2.24, 2.45) is 0 Å². The molecule has 0 N–H and O–H groups in total. The third-order valence-electron chi connectivity index (χ3n) is 16.2. The summed E-state index contributed by atoms with van der Waals surface area (Å²) in [7, 11) is -0.694. The van der Waals surface area contributed by atoms with Gasteiger partial charge in [-0.3, -0.25) is 0 Å². The third-order valence-corrected chi connectivity index (χ3v) is 18.9. The molecule has 296 valence electrons. The van der Waals surface area contributed by atoms with Gasteiger partial charge >= 0.3 is 0 Å². The van der Waals surface area contributed by atoms with Gasteiger partial charge in [-0.1, -0.05) is 170 Å². The summed E-state index contributed by atoms with van der Waals surface area (Å²) in [5.41, 5.74) is 11.1. The van der Waals surface area contributed by atoms with Crippen molar-refractivity contribution in [3.63, 3.8) is 0 Å². The molecule has 1 heteroatoms. The smallest absolute Gasteiger partial charge is 0.0113 e. The van der Waals surface area contributed by atoms with Gasteiger partial charge in [0.1, 0.15) is 0 Å². The molecule has 6 aliphatic carbocycles. The van der Waals surface area contributed by atoms with Gasteiger partial charge in [-0.25, -0.2) is 0 Å². The maximum atomic E-state index is 2.75. The molecule has 0 spiro atoms. The molecule has 6 saturated carbocycles. The first-order valence-electron chi connectivity index (χ1n) is 24.5. The lowest BCUT2D eigenvalue weighted by molar-refractivity contribution is 0.419. The van der Waals surface area contributed by atoms with Crippen molar-refractivity contribution in [2.75, 3.05) is 0 Å². The van der Waals surface area contributed by atoms with Gasteiger partial charge < -0.3 is 0 Å². The monoisotopic (exact) mass is 755 g/mol. The molecule has 3 aromatic rings. The Morgan fingerprint density at radius 2 is 0.473 bits per heavy atom. The average Bonchev–Trinajstić information content (AvgIpc) is 3.28. The zero-order chi connectivity index (χ0) is 36.8. The average molecular weight is 755 g/mol. The summed E-state index contributed by atoms with van der Waals surface area (Å²) in [6, 6.07) is 24.0. The molecule has 0 amide bonds. The lowest BCUT2D eigenvalue weighted by Crippen LogP contribution is -2.33. The van der Waals surface area contributed by atoms with Gasteiger partial charge in [-0.05, 0) is 170 Å². The van der Waals surface area contributed by atoms with E-state index in [0.717, 1.165) is 35.5 Å². The molecular weight excluding hydrogens is 680 g/mol. The van der Waals surface area contributed by atoms with Gasteiger partial charge in [-0.2, -0.15) is 0 Å². The van der Waals surface area contributed by atoms with E-state index in [4.69, 9.17) is 0 Å². The van der Waals surface area contributed by atoms with Crippen LogP contribution in [0.15, 0.2) is 54.6 Å². The first-order valence-corrected chi connectivity index (χ1v) is 25.9. The van der Waals surface area contributed by atoms with E-state index >= 15 is 0 Å². The molecule has 0 radical (unpaired) electrons. The van der Waals surface area contributed by atoms with Crippen LogP contribution in [0.4, 0.5) is 0 Å². The predicted molar refractivity (Wildman–Crippen MR) is 240 cm³/mol. The molecule has 0 aliphatic heterocycles. The van der Waals surface area contributed by atoms with Gasteiger partial charge in [0.2, 0.25) is 0 Å². The Hall–Kier alpha value is -1.91. The highest BCUT2D eigenvalue weighted by molar-refractivity contribution is 7.80. The summed E-state index contributed by atoms with van der Waals surface area (Å²) in [5.74, 6) is 4.52. The Kier molecular flexibility index (Phi) is 13.2. The summed E-state index contributed by atoms with van der Waals surface area (Å²) in [6.07, 6.45) is 42.7. The van der Waals surface area contributed by atoms with Crippen molar-refractivity contribution >= 4 is 23.8 Å². The van der Waals surface area contributed by atoms with Crippen LogP contribution >= 0.6 is 7.92 Å². The molecule has 0 aromatic heterocycles. The molecule has 6 aliphatic rings. The quantitative estimate of drug-likeness (QED) is 0.191. The first-order chi connectivity index (χ1) is 27.3. The number of hydrogen-bond donors (Lipinski definition) is 0. The Balaban J connectivity index is 1.32. The topological polar surface area (TPSA) is 0 Å². The molecule has 0 unspecified atom stereocenters. The van der Waals surface area contributed by atoms with Crippen LogP contribution < -0.4 is 15.9 Å². The largest absolute Gasteiger partial charge is 0.0613 e. The van der Waals surface area contributed by atoms with Gasteiger partial charge in [0, 0.05) is 0 Å². The highest BCUT2D eigenvalue weighted by Gasteiger charge is 2.37. The fourth-order valence-corrected chi connectivity index (χ4v) is 16.6. The molecular formula is C54H75P. The van der Waals surface area contributed by atoms with E-state index in [1.807, 2.05) is 49.3 Å². The zero-order valence-electron chi connectivity index (χ0n) is 34.8. The highest BCUT2D eigenvalue weighted by Crippen LogP contribution is 2.51. The standard InChI is InChI=1S/C54H75P/c1-7-22-40(23-8-1)46-34-19-37-49(52(46)43-28-13-4-14-29-43)55(50-38-20-35-47(41-24-9-2-10-25-41)53(50)44-30-15-5-16-31-44)51-39-21-36-48(42-26-11-3-12-27-42)54(51)45-32-17-6-18-33-45/h19-21,34-45H,1-18,22-33H2. The molecule has 6 fully saturated rings. The van der Waals surface area contributed by atoms with Crippen molar-refractivity contribution in [3.8, 4) is 0 Å². The predicted octanol–water partition coefficient (Wildman–Crippen LogP) is 15.7. The van der Waals surface area contributed by atoms with Crippen molar-refractivity contribution < 1.29 is 0 Å². The lowest BCUT2D eigenvalue weighted by Gasteiger charge is -2.39. The summed E-state index contributed by atoms with van der Waals surface area (Å²) in [5, 5.41) is 5.46. The van der Waals surface area contributed by atoms with Gasteiger partial charge in [0.05, 0.1) is 0 Å². The molecule has 0 atom stereocenters. The van der Waals surface area contributed by atoms with Crippen molar-refractivity contribution in [2.45, 2.75) is 228 Å². The van der Waals surface area contributed by atoms with Gasteiger partial charge in [-0.15, -0.1) is 0 Å². The van der Waals surface area contributed by atoms with Crippen LogP contribution in [0.25, 0.3) is 0 Å². The number of rotatable bonds is 9. The fourth-order valence-electron chi connectivity index (χ4n) is 13.5. The van der Waals surface area contributed by atoms with Crippen molar-refractivity contribution in [3.05, 3.63) is 88.0 Å². The Bertz CT molecular complexity index is 1460. The van der Waals surface area contributed by atoms with Crippen LogP contribution in [0.1, 0.15) is 262 Å². The molecule has 0 heterocycles. The molecule has 3 aromatic carbocycles. The maximum absolute atomic E-state index is 2.75. The normalized spacial score (nSPS) is 23.7. The van der Waals surface area contributed by atoms with Crippen LogP contribution in [0.2, 0.25) is 0 Å². The van der Waals surface area contributed by atoms with E-state index in [0.29, 0.717) is 0 Å². The molecule has 0 bridgehead atoms. The molecule has 0 nitrogen and oxygen atoms in total. The third kappa shape index (κ3) is 8.49. The van der Waals surface area contributed by atoms with E-state index in [2.05, 4.69) is 54.6 Å². The SMILES string of the molecule is c1cc(C2CCCCC2)c(C2CCCCC2)c(P(c2cccc(C3CCCCC3)c2C2CCCCC2)c2cccc(C3CCCCC3)c2C2CCCCC2)c1. The van der Waals surface area contributed by atoms with Gasteiger partial charge in [0.25, 0.3) is 0 Å². The van der Waals surface area contributed by atoms with Gasteiger partial charge in [0.15, 0.2) is 0 Å². The Labute approximate surface area is 338 Å². The minimum Gasteiger partial charge on any atom is -0.0613 e. The molecule has 0 saturated heterocycles. The van der Waals surface area contributed by atoms with E-state index in [9.17, 15) is 0 Å². The second kappa shape index (κ2) is 18.8. The van der Waals surface area contributed by atoms with E-state index in [-0.39, 0.29) is 0 Å². The van der Waals surface area contributed by atoms with Crippen LogP contribution in [0.3, 0.4) is 0 Å². The summed E-state index contributed by atoms with van der Waals surface area (Å²) >= 11 is 0. The number of benzene rings is 3. The maximum Gasteiger partial charge on any atom is -0.0113 e. The summed E-state index contributed by atoms with van der Waals surface area (Å²) in [6.45, 7) is 0. The minimum atomic E-state index is -0.694. The summed E-state index contributed by atoms with van der Waals surface area (Å²) in [4.78, 5) is 0. The van der Waals surface area contributed by atoms with Crippen LogP contribution in [0.5, 0.6) is 0 Å². The number of hydrogen-bond acceptors (Lipinski definition) is 0. The lowest BCUT2D eigenvalue weighted by atomic mass is 9.75. The zero-order valence-corrected chi connectivity index (χ0v) is 35.7. The highest BCUT2D eigenvalue weighted by atomic mass is 31.1. The van der Waals surface area contributed by atoms with Crippen LogP contribution in [0, 0.1) is 0 Å². The molecule has 9 rings (SSSR count). The Morgan fingerprint density at radius 1 is 0.255 bits per heavy atom. The minimum absolute atomic E-state index is 0.694. The van der Waals surface area contributed by atoms with Crippen LogP contribution in [-0.2, 0) is 0 Å². The first kappa shape index (κ1) is 38.6. The van der Waals surface area contributed by atoms with E-state index < -0.39 is 7.92 Å². The fraction of sp³-hybridized carbons (Fsp3) is 0.667. The van der Waals surface area contributed by atoms with E-state index in [1.54, 1.807) is 0 Å². The Morgan fingerprint density at radius 3 is 0.709 bits per heavy atom. The summed E-state index contributed by atoms with van der Waals surface area (Å²) < 4.78 is 0.